The predicted molar refractivity (Wildman–Crippen MR) is 149 cm³/mol. The van der Waals surface area contributed by atoms with E-state index in [0.717, 1.165) is 28.5 Å². The lowest BCUT2D eigenvalue weighted by molar-refractivity contribution is 0.182. The Balaban J connectivity index is 1.73. The Morgan fingerprint density at radius 3 is 2.59 bits per heavy atom. The smallest absolute Gasteiger partial charge is 0.253 e. The molecule has 0 bridgehead atoms. The van der Waals surface area contributed by atoms with E-state index in [9.17, 15) is 4.79 Å². The van der Waals surface area contributed by atoms with Crippen molar-refractivity contribution in [2.24, 2.45) is 0 Å². The highest BCUT2D eigenvalue weighted by Gasteiger charge is 2.34. The third-order valence-corrected chi connectivity index (χ3v) is 7.90. The van der Waals surface area contributed by atoms with Crippen molar-refractivity contribution in [3.63, 3.8) is 0 Å². The molecule has 0 amide bonds. The number of thiophene rings is 1. The van der Waals surface area contributed by atoms with Gasteiger partial charge in [-0.2, -0.15) is 0 Å². The summed E-state index contributed by atoms with van der Waals surface area (Å²) in [5.74, 6) is 0.663. The van der Waals surface area contributed by atoms with E-state index >= 15 is 0 Å². The van der Waals surface area contributed by atoms with Gasteiger partial charge in [-0.1, -0.05) is 55.5 Å². The highest BCUT2D eigenvalue weighted by atomic mass is 32.1. The molecule has 5 rings (SSSR count). The van der Waals surface area contributed by atoms with Gasteiger partial charge < -0.3 is 4.98 Å². The minimum Gasteiger partial charge on any atom is -0.322 e. The Labute approximate surface area is 220 Å². The summed E-state index contributed by atoms with van der Waals surface area (Å²) < 4.78 is 1.89. The fourth-order valence-corrected chi connectivity index (χ4v) is 5.37. The number of aryl methyl sites for hydroxylation is 1. The van der Waals surface area contributed by atoms with Gasteiger partial charge in [-0.3, -0.25) is 9.69 Å². The van der Waals surface area contributed by atoms with Crippen molar-refractivity contribution in [3.8, 4) is 0 Å². The number of aromatic nitrogens is 5. The van der Waals surface area contributed by atoms with Crippen LogP contribution in [0.15, 0.2) is 76.9 Å². The molecule has 1 N–H and O–H groups in total. The van der Waals surface area contributed by atoms with Gasteiger partial charge in [0.1, 0.15) is 6.04 Å². The van der Waals surface area contributed by atoms with Crippen LogP contribution in [0.3, 0.4) is 0 Å². The summed E-state index contributed by atoms with van der Waals surface area (Å²) in [4.78, 5) is 20.4. The molecule has 0 saturated carbocycles. The Bertz CT molecular complexity index is 1540. The van der Waals surface area contributed by atoms with Crippen molar-refractivity contribution in [3.05, 3.63) is 110 Å². The van der Waals surface area contributed by atoms with E-state index in [1.807, 2.05) is 41.9 Å². The second-order valence-electron chi connectivity index (χ2n) is 10.1. The minimum atomic E-state index is -0.461. The van der Waals surface area contributed by atoms with E-state index in [1.165, 1.54) is 4.88 Å². The topological polar surface area (TPSA) is 79.7 Å². The van der Waals surface area contributed by atoms with Crippen LogP contribution in [0.2, 0.25) is 0 Å². The minimum absolute atomic E-state index is 0.129. The SMILES string of the molecule is CCC(C)(C)n1nnnc1C(c1cc2ccc(C)cc2[nH]c1=O)N(Cc1ccccc1)Cc1cccs1. The maximum atomic E-state index is 13.7. The van der Waals surface area contributed by atoms with Gasteiger partial charge in [-0.25, -0.2) is 4.68 Å². The summed E-state index contributed by atoms with van der Waals surface area (Å²) >= 11 is 1.71. The number of nitrogens with one attached hydrogen (secondary N) is 1. The van der Waals surface area contributed by atoms with Gasteiger partial charge in [-0.15, -0.1) is 16.4 Å². The Morgan fingerprint density at radius 2 is 1.86 bits per heavy atom. The van der Waals surface area contributed by atoms with Crippen LogP contribution < -0.4 is 5.56 Å². The molecule has 0 aliphatic carbocycles. The maximum Gasteiger partial charge on any atom is 0.253 e. The van der Waals surface area contributed by atoms with Crippen molar-refractivity contribution in [1.82, 2.24) is 30.1 Å². The lowest BCUT2D eigenvalue weighted by atomic mass is 9.98. The highest BCUT2D eigenvalue weighted by molar-refractivity contribution is 7.09. The zero-order valence-corrected chi connectivity index (χ0v) is 22.5. The number of fused-ring (bicyclic) bond motifs is 1. The number of pyridine rings is 1. The van der Waals surface area contributed by atoms with Crippen LogP contribution in [0.5, 0.6) is 0 Å². The van der Waals surface area contributed by atoms with Gasteiger partial charge in [-0.05, 0) is 77.7 Å². The number of H-pyrrole nitrogens is 1. The van der Waals surface area contributed by atoms with Crippen LogP contribution in [-0.4, -0.2) is 30.1 Å². The van der Waals surface area contributed by atoms with Crippen molar-refractivity contribution < 1.29 is 0 Å². The molecule has 0 radical (unpaired) electrons. The third kappa shape index (κ3) is 5.26. The van der Waals surface area contributed by atoms with Gasteiger partial charge in [0.25, 0.3) is 5.56 Å². The molecule has 5 aromatic rings. The normalized spacial score (nSPS) is 12.9. The van der Waals surface area contributed by atoms with Crippen molar-refractivity contribution in [2.75, 3.05) is 0 Å². The Morgan fingerprint density at radius 1 is 1.05 bits per heavy atom. The average Bonchev–Trinajstić information content (AvgIpc) is 3.58. The summed E-state index contributed by atoms with van der Waals surface area (Å²) in [5.41, 5.74) is 3.27. The molecule has 0 saturated heterocycles. The van der Waals surface area contributed by atoms with Crippen LogP contribution in [0.25, 0.3) is 10.9 Å². The summed E-state index contributed by atoms with van der Waals surface area (Å²) in [6.45, 7) is 9.68. The van der Waals surface area contributed by atoms with E-state index in [-0.39, 0.29) is 11.1 Å². The molecule has 0 aliphatic rings. The number of hydrogen-bond acceptors (Lipinski definition) is 6. The number of hydrogen-bond donors (Lipinski definition) is 1. The van der Waals surface area contributed by atoms with Crippen LogP contribution >= 0.6 is 11.3 Å². The first-order valence-electron chi connectivity index (χ1n) is 12.6. The summed E-state index contributed by atoms with van der Waals surface area (Å²) in [6.07, 6.45) is 0.842. The highest BCUT2D eigenvalue weighted by Crippen LogP contribution is 2.33. The Kier molecular flexibility index (Phi) is 7.04. The lowest BCUT2D eigenvalue weighted by Crippen LogP contribution is -2.37. The second-order valence-corrected chi connectivity index (χ2v) is 11.2. The first kappa shape index (κ1) is 25.0. The van der Waals surface area contributed by atoms with Gasteiger partial charge >= 0.3 is 0 Å². The summed E-state index contributed by atoms with van der Waals surface area (Å²) in [7, 11) is 0. The van der Waals surface area contributed by atoms with Crippen LogP contribution in [0.1, 0.15) is 60.6 Å². The first-order valence-corrected chi connectivity index (χ1v) is 13.5. The van der Waals surface area contributed by atoms with E-state index in [0.29, 0.717) is 24.5 Å². The zero-order chi connectivity index (χ0) is 26.0. The molecule has 2 aromatic carbocycles. The first-order chi connectivity index (χ1) is 17.9. The Hall–Kier alpha value is -3.62. The predicted octanol–water partition coefficient (Wildman–Crippen LogP) is 5.82. The van der Waals surface area contributed by atoms with E-state index in [1.54, 1.807) is 11.3 Å². The molecule has 1 unspecified atom stereocenters. The standard InChI is InChI=1S/C29H32N6OS/c1-5-29(3,4)35-27(31-32-33-35)26(24-17-22-14-13-20(2)16-25(22)30-28(24)36)34(19-23-12-9-15-37-23)18-21-10-7-6-8-11-21/h6-17,26H,5,18-19H2,1-4H3,(H,30,36). The van der Waals surface area contributed by atoms with Crippen LogP contribution in [0, 0.1) is 6.92 Å². The number of nitrogens with zero attached hydrogens (tertiary/aromatic N) is 5. The van der Waals surface area contributed by atoms with Crippen LogP contribution in [-0.2, 0) is 18.6 Å². The maximum absolute atomic E-state index is 13.7. The van der Waals surface area contributed by atoms with E-state index in [2.05, 4.69) is 88.0 Å². The molecule has 8 heteroatoms. The zero-order valence-electron chi connectivity index (χ0n) is 21.7. The van der Waals surface area contributed by atoms with Crippen LogP contribution in [0.4, 0.5) is 0 Å². The molecular formula is C29H32N6OS. The fourth-order valence-electron chi connectivity index (χ4n) is 4.64. The van der Waals surface area contributed by atoms with Gasteiger partial charge in [0, 0.05) is 29.0 Å². The molecule has 1 atom stereocenters. The quantitative estimate of drug-likeness (QED) is 0.269. The average molecular weight is 513 g/mol. The van der Waals surface area contributed by atoms with Gasteiger partial charge in [0.05, 0.1) is 5.54 Å². The molecule has 3 aromatic heterocycles. The van der Waals surface area contributed by atoms with Gasteiger partial charge in [0.2, 0.25) is 0 Å². The molecule has 190 valence electrons. The van der Waals surface area contributed by atoms with Gasteiger partial charge in [0.15, 0.2) is 5.82 Å². The summed E-state index contributed by atoms with van der Waals surface area (Å²) in [6, 6.07) is 22.2. The van der Waals surface area contributed by atoms with Crippen molar-refractivity contribution in [1.29, 1.82) is 0 Å². The molecule has 7 nitrogen and oxygen atoms in total. The molecule has 0 spiro atoms. The van der Waals surface area contributed by atoms with E-state index in [4.69, 9.17) is 0 Å². The van der Waals surface area contributed by atoms with Crippen molar-refractivity contribution in [2.45, 2.75) is 58.8 Å². The molecule has 37 heavy (non-hydrogen) atoms. The second kappa shape index (κ2) is 10.4. The van der Waals surface area contributed by atoms with Crippen molar-refractivity contribution >= 4 is 22.2 Å². The number of tetrazole rings is 1. The third-order valence-electron chi connectivity index (χ3n) is 7.03. The molecular weight excluding hydrogens is 480 g/mol. The lowest BCUT2D eigenvalue weighted by Gasteiger charge is -2.33. The molecule has 0 fully saturated rings. The van der Waals surface area contributed by atoms with E-state index < -0.39 is 6.04 Å². The molecule has 0 aliphatic heterocycles. The fraction of sp³-hybridized carbons (Fsp3) is 0.310. The number of aromatic amines is 1. The number of rotatable bonds is 9. The molecule has 3 heterocycles. The largest absolute Gasteiger partial charge is 0.322 e. The number of benzene rings is 2. The summed E-state index contributed by atoms with van der Waals surface area (Å²) in [5, 5.41) is 16.1. The monoisotopic (exact) mass is 512 g/mol.